The van der Waals surface area contributed by atoms with Crippen molar-refractivity contribution in [2.45, 2.75) is 19.1 Å². The number of benzene rings is 1. The van der Waals surface area contributed by atoms with Crippen molar-refractivity contribution in [3.63, 3.8) is 0 Å². The number of fused-ring (bicyclic) bond motifs is 1. The van der Waals surface area contributed by atoms with Crippen molar-refractivity contribution in [1.82, 2.24) is 14.9 Å². The molecule has 0 amide bonds. The van der Waals surface area contributed by atoms with Gasteiger partial charge in [-0.05, 0) is 23.8 Å². The summed E-state index contributed by atoms with van der Waals surface area (Å²) in [5.41, 5.74) is 1.20. The molecule has 100 valence electrons. The molecular formula is C14H16ClN3O. The third-order valence-electron chi connectivity index (χ3n) is 3.24. The van der Waals surface area contributed by atoms with E-state index in [0.29, 0.717) is 0 Å². The first-order chi connectivity index (χ1) is 9.31. The number of hydrogen-bond donors (Lipinski definition) is 1. The van der Waals surface area contributed by atoms with Crippen LogP contribution in [0.5, 0.6) is 5.75 Å². The van der Waals surface area contributed by atoms with Crippen molar-refractivity contribution in [3.8, 4) is 5.75 Å². The first-order valence-electron chi connectivity index (χ1n) is 6.43. The zero-order chi connectivity index (χ0) is 13.1. The second kappa shape index (κ2) is 5.63. The third kappa shape index (κ3) is 3.08. The van der Waals surface area contributed by atoms with Crippen molar-refractivity contribution in [1.29, 1.82) is 0 Å². The molecule has 0 bridgehead atoms. The van der Waals surface area contributed by atoms with Crippen LogP contribution in [0.1, 0.15) is 5.56 Å². The Bertz CT molecular complexity index is 542. The number of halogens is 1. The zero-order valence-corrected chi connectivity index (χ0v) is 11.3. The average molecular weight is 278 g/mol. The Morgan fingerprint density at radius 3 is 3.26 bits per heavy atom. The lowest BCUT2D eigenvalue weighted by molar-refractivity contribution is 0.227. The highest BCUT2D eigenvalue weighted by Crippen LogP contribution is 2.30. The molecule has 0 aliphatic carbocycles. The van der Waals surface area contributed by atoms with Crippen LogP contribution in [0, 0.1) is 0 Å². The molecule has 1 aromatic carbocycles. The van der Waals surface area contributed by atoms with Crippen molar-refractivity contribution in [2.75, 3.05) is 13.1 Å². The molecule has 5 heteroatoms. The number of aromatic nitrogens is 2. The molecule has 2 aromatic rings. The summed E-state index contributed by atoms with van der Waals surface area (Å²) >= 11 is 5.98. The van der Waals surface area contributed by atoms with Gasteiger partial charge in [-0.15, -0.1) is 0 Å². The molecule has 1 aromatic heterocycles. The zero-order valence-electron chi connectivity index (χ0n) is 10.6. The minimum Gasteiger partial charge on any atom is -0.488 e. The van der Waals surface area contributed by atoms with Gasteiger partial charge >= 0.3 is 0 Å². The molecule has 0 saturated heterocycles. The molecule has 0 spiro atoms. The normalized spacial score (nSPS) is 17.2. The van der Waals surface area contributed by atoms with Gasteiger partial charge < -0.3 is 14.6 Å². The number of nitrogens with zero attached hydrogens (tertiary/aromatic N) is 2. The monoisotopic (exact) mass is 277 g/mol. The van der Waals surface area contributed by atoms with Gasteiger partial charge in [-0.3, -0.25) is 0 Å². The van der Waals surface area contributed by atoms with Crippen LogP contribution in [0.2, 0.25) is 5.02 Å². The van der Waals surface area contributed by atoms with Crippen LogP contribution in [0.3, 0.4) is 0 Å². The molecule has 1 unspecified atom stereocenters. The maximum Gasteiger partial charge on any atom is 0.123 e. The Labute approximate surface area is 117 Å². The second-order valence-electron chi connectivity index (χ2n) is 4.70. The lowest BCUT2D eigenvalue weighted by atomic mass is 10.1. The largest absolute Gasteiger partial charge is 0.488 e. The molecular weight excluding hydrogens is 262 g/mol. The Morgan fingerprint density at radius 2 is 2.42 bits per heavy atom. The van der Waals surface area contributed by atoms with E-state index in [9.17, 15) is 0 Å². The van der Waals surface area contributed by atoms with Crippen molar-refractivity contribution < 1.29 is 4.74 Å². The van der Waals surface area contributed by atoms with E-state index >= 15 is 0 Å². The summed E-state index contributed by atoms with van der Waals surface area (Å²) in [7, 11) is 0. The van der Waals surface area contributed by atoms with Crippen LogP contribution in [0.25, 0.3) is 0 Å². The first-order valence-corrected chi connectivity index (χ1v) is 6.80. The van der Waals surface area contributed by atoms with Gasteiger partial charge in [0.2, 0.25) is 0 Å². The average Bonchev–Trinajstić information content (AvgIpc) is 3.02. The van der Waals surface area contributed by atoms with E-state index < -0.39 is 0 Å². The fourth-order valence-electron chi connectivity index (χ4n) is 2.29. The lowest BCUT2D eigenvalue weighted by Gasteiger charge is -2.11. The van der Waals surface area contributed by atoms with Crippen LogP contribution < -0.4 is 10.1 Å². The maximum atomic E-state index is 5.98. The summed E-state index contributed by atoms with van der Waals surface area (Å²) in [4.78, 5) is 4.01. The Morgan fingerprint density at radius 1 is 1.47 bits per heavy atom. The van der Waals surface area contributed by atoms with E-state index in [1.165, 1.54) is 5.56 Å². The van der Waals surface area contributed by atoms with Gasteiger partial charge in [0.05, 0.1) is 6.33 Å². The van der Waals surface area contributed by atoms with E-state index in [4.69, 9.17) is 16.3 Å². The highest BCUT2D eigenvalue weighted by atomic mass is 35.5. The van der Waals surface area contributed by atoms with E-state index in [-0.39, 0.29) is 6.10 Å². The molecule has 4 nitrogen and oxygen atoms in total. The number of imidazole rings is 1. The fourth-order valence-corrected chi connectivity index (χ4v) is 2.49. The number of rotatable bonds is 5. The minimum atomic E-state index is 0.205. The van der Waals surface area contributed by atoms with E-state index in [1.807, 2.05) is 30.7 Å². The molecule has 19 heavy (non-hydrogen) atoms. The Hall–Kier alpha value is -1.52. The Balaban J connectivity index is 1.43. The van der Waals surface area contributed by atoms with Crippen LogP contribution in [-0.4, -0.2) is 28.7 Å². The lowest BCUT2D eigenvalue weighted by Crippen LogP contribution is -2.32. The summed E-state index contributed by atoms with van der Waals surface area (Å²) in [6.07, 6.45) is 6.71. The summed E-state index contributed by atoms with van der Waals surface area (Å²) in [5, 5.41) is 4.18. The van der Waals surface area contributed by atoms with Gasteiger partial charge in [0.25, 0.3) is 0 Å². The standard InChI is InChI=1S/C14H16ClN3O/c15-12-1-2-14-11(7-12)8-13(19-14)9-16-3-5-18-6-4-17-10-18/h1-2,4,6-7,10,13,16H,3,5,8-9H2. The van der Waals surface area contributed by atoms with Crippen LogP contribution in [0.15, 0.2) is 36.9 Å². The topological polar surface area (TPSA) is 39.1 Å². The Kier molecular flexibility index (Phi) is 3.71. The van der Waals surface area contributed by atoms with E-state index in [2.05, 4.69) is 14.9 Å². The fraction of sp³-hybridized carbons (Fsp3) is 0.357. The van der Waals surface area contributed by atoms with Crippen LogP contribution in [0.4, 0.5) is 0 Å². The van der Waals surface area contributed by atoms with Gasteiger partial charge in [0.15, 0.2) is 0 Å². The third-order valence-corrected chi connectivity index (χ3v) is 3.48. The van der Waals surface area contributed by atoms with Crippen LogP contribution in [-0.2, 0) is 13.0 Å². The SMILES string of the molecule is Clc1ccc2c(c1)CC(CNCCn1ccnc1)O2. The maximum absolute atomic E-state index is 5.98. The molecule has 1 aliphatic rings. The molecule has 1 atom stereocenters. The van der Waals surface area contributed by atoms with Crippen LogP contribution >= 0.6 is 11.6 Å². The van der Waals surface area contributed by atoms with Crippen molar-refractivity contribution >= 4 is 11.6 Å². The van der Waals surface area contributed by atoms with Gasteiger partial charge in [-0.2, -0.15) is 0 Å². The van der Waals surface area contributed by atoms with Crippen molar-refractivity contribution in [3.05, 3.63) is 47.5 Å². The smallest absolute Gasteiger partial charge is 0.123 e. The molecule has 3 rings (SSSR count). The van der Waals surface area contributed by atoms with E-state index in [1.54, 1.807) is 6.20 Å². The number of hydrogen-bond acceptors (Lipinski definition) is 3. The van der Waals surface area contributed by atoms with E-state index in [0.717, 1.165) is 36.8 Å². The minimum absolute atomic E-state index is 0.205. The summed E-state index contributed by atoms with van der Waals surface area (Å²) in [6, 6.07) is 5.81. The number of ether oxygens (including phenoxy) is 1. The number of nitrogens with one attached hydrogen (secondary N) is 1. The highest BCUT2D eigenvalue weighted by Gasteiger charge is 2.22. The van der Waals surface area contributed by atoms with Gasteiger partial charge in [0, 0.05) is 43.5 Å². The molecule has 0 fully saturated rings. The predicted octanol–water partition coefficient (Wildman–Crippen LogP) is 2.13. The molecule has 0 saturated carbocycles. The quantitative estimate of drug-likeness (QED) is 0.851. The predicted molar refractivity (Wildman–Crippen MR) is 74.7 cm³/mol. The highest BCUT2D eigenvalue weighted by molar-refractivity contribution is 6.30. The molecule has 1 N–H and O–H groups in total. The molecule has 0 radical (unpaired) electrons. The van der Waals surface area contributed by atoms with Crippen molar-refractivity contribution in [2.24, 2.45) is 0 Å². The summed E-state index contributed by atoms with van der Waals surface area (Å²) in [5.74, 6) is 0.964. The molecule has 2 heterocycles. The first kappa shape index (κ1) is 12.5. The molecule has 1 aliphatic heterocycles. The second-order valence-corrected chi connectivity index (χ2v) is 5.14. The van der Waals surface area contributed by atoms with Gasteiger partial charge in [0.1, 0.15) is 11.9 Å². The summed E-state index contributed by atoms with van der Waals surface area (Å²) in [6.45, 7) is 2.68. The summed E-state index contributed by atoms with van der Waals surface area (Å²) < 4.78 is 7.91. The van der Waals surface area contributed by atoms with Gasteiger partial charge in [-0.25, -0.2) is 4.98 Å². The van der Waals surface area contributed by atoms with Gasteiger partial charge in [-0.1, -0.05) is 11.6 Å².